The number of halogens is 2. The predicted octanol–water partition coefficient (Wildman–Crippen LogP) is 0.206. The molecule has 1 N–H and O–H groups in total. The highest BCUT2D eigenvalue weighted by molar-refractivity contribution is 6.30. The zero-order valence-electron chi connectivity index (χ0n) is 7.57. The lowest BCUT2D eigenvalue weighted by atomic mass is 10.3. The van der Waals surface area contributed by atoms with Crippen LogP contribution in [0.3, 0.4) is 0 Å². The van der Waals surface area contributed by atoms with Gasteiger partial charge in [-0.05, 0) is 17.7 Å². The average Bonchev–Trinajstić information content (AvgIpc) is 2.23. The lowest BCUT2D eigenvalue weighted by molar-refractivity contribution is -0.192. The van der Waals surface area contributed by atoms with E-state index in [1.165, 1.54) is 0 Å². The molecular formula is C8H4F2N2O4. The summed E-state index contributed by atoms with van der Waals surface area (Å²) >= 11 is 0. The first-order valence-electron chi connectivity index (χ1n) is 4.02. The molecule has 0 radical (unpaired) electrons. The predicted molar refractivity (Wildman–Crippen MR) is 44.2 cm³/mol. The van der Waals surface area contributed by atoms with E-state index in [4.69, 9.17) is 0 Å². The molecule has 0 saturated carbocycles. The second-order valence-corrected chi connectivity index (χ2v) is 2.72. The van der Waals surface area contributed by atoms with Gasteiger partial charge in [0.25, 0.3) is 0 Å². The van der Waals surface area contributed by atoms with E-state index in [2.05, 4.69) is 9.68 Å². The number of rotatable bonds is 1. The number of anilines is 1. The number of carbonyl (C=O) groups excluding carboxylic acids is 2. The summed E-state index contributed by atoms with van der Waals surface area (Å²) in [6, 6.07) is 3.03. The molecule has 1 saturated heterocycles. The quantitative estimate of drug-likeness (QED) is 0.695. The molecule has 1 aromatic rings. The van der Waals surface area contributed by atoms with Crippen LogP contribution in [0.1, 0.15) is 0 Å². The lowest BCUT2D eigenvalue weighted by Crippen LogP contribution is -2.50. The Morgan fingerprint density at radius 1 is 1.12 bits per heavy atom. The molecule has 0 aromatic heterocycles. The van der Waals surface area contributed by atoms with Crippen molar-refractivity contribution in [3.8, 4) is 0 Å². The maximum atomic E-state index is 13.2. The summed E-state index contributed by atoms with van der Waals surface area (Å²) in [6.45, 7) is 0. The van der Waals surface area contributed by atoms with Gasteiger partial charge in [-0.2, -0.15) is 0 Å². The number of carbonyl (C=O) groups is 2. The van der Waals surface area contributed by atoms with E-state index >= 15 is 0 Å². The molecule has 0 aliphatic carbocycles. The summed E-state index contributed by atoms with van der Waals surface area (Å²) in [7, 11) is 0. The molecule has 0 spiro atoms. The average molecular weight is 230 g/mol. The maximum absolute atomic E-state index is 13.2. The molecule has 6 nitrogen and oxygen atoms in total. The fourth-order valence-electron chi connectivity index (χ4n) is 1.04. The van der Waals surface area contributed by atoms with Gasteiger partial charge in [0.05, 0.1) is 0 Å². The number of nitrogens with zero attached hydrogens (tertiary/aromatic N) is 1. The van der Waals surface area contributed by atoms with Crippen molar-refractivity contribution in [2.24, 2.45) is 0 Å². The highest BCUT2D eigenvalue weighted by Crippen LogP contribution is 2.23. The molecule has 84 valence electrons. The van der Waals surface area contributed by atoms with Crippen molar-refractivity contribution in [1.29, 1.82) is 0 Å². The number of para-hydroxylation sites is 1. The molecular weight excluding hydrogens is 226 g/mol. The van der Waals surface area contributed by atoms with Gasteiger partial charge in [-0.1, -0.05) is 11.2 Å². The van der Waals surface area contributed by atoms with Crippen LogP contribution in [0.15, 0.2) is 18.2 Å². The summed E-state index contributed by atoms with van der Waals surface area (Å²) in [6.07, 6.45) is 0. The minimum Gasteiger partial charge on any atom is -0.338 e. The van der Waals surface area contributed by atoms with Gasteiger partial charge in [-0.25, -0.2) is 18.4 Å². The highest BCUT2D eigenvalue weighted by atomic mass is 19.1. The Morgan fingerprint density at radius 3 is 2.31 bits per heavy atom. The molecule has 2 rings (SSSR count). The van der Waals surface area contributed by atoms with E-state index in [0.29, 0.717) is 0 Å². The summed E-state index contributed by atoms with van der Waals surface area (Å²) in [5.74, 6) is -4.68. The Bertz CT molecular complexity index is 445. The smallest absolute Gasteiger partial charge is 0.338 e. The van der Waals surface area contributed by atoms with Crippen LogP contribution in [0, 0.1) is 11.6 Å². The van der Waals surface area contributed by atoms with Gasteiger partial charge < -0.3 is 9.68 Å². The van der Waals surface area contributed by atoms with Crippen LogP contribution < -0.4 is 10.8 Å². The molecule has 0 unspecified atom stereocenters. The second-order valence-electron chi connectivity index (χ2n) is 2.72. The number of hydrazine groups is 1. The van der Waals surface area contributed by atoms with Crippen molar-refractivity contribution in [3.63, 3.8) is 0 Å². The summed E-state index contributed by atoms with van der Waals surface area (Å²) in [5.41, 5.74) is 1.07. The van der Waals surface area contributed by atoms with E-state index in [0.717, 1.165) is 18.2 Å². The number of hydrogen-bond donors (Lipinski definition) is 1. The third-order valence-electron chi connectivity index (χ3n) is 1.70. The van der Waals surface area contributed by atoms with Crippen molar-refractivity contribution in [3.05, 3.63) is 29.8 Å². The zero-order valence-corrected chi connectivity index (χ0v) is 7.57. The third-order valence-corrected chi connectivity index (χ3v) is 1.70. The standard InChI is InChI=1S/C8H4F2N2O4/c9-4-2-1-3-5(10)6(4)12-11-15-7(13)8(14)16-12/h1-3,11H. The van der Waals surface area contributed by atoms with Gasteiger partial charge in [-0.15, -0.1) is 0 Å². The minimum atomic E-state index is -1.39. The van der Waals surface area contributed by atoms with Gasteiger partial charge in [0, 0.05) is 0 Å². The zero-order chi connectivity index (χ0) is 11.7. The summed E-state index contributed by atoms with van der Waals surface area (Å²) in [4.78, 5) is 29.7. The topological polar surface area (TPSA) is 67.9 Å². The Labute approximate surface area is 87.2 Å². The van der Waals surface area contributed by atoms with Crippen molar-refractivity contribution in [1.82, 2.24) is 5.59 Å². The second kappa shape index (κ2) is 3.74. The van der Waals surface area contributed by atoms with Crippen LogP contribution in [0.4, 0.5) is 14.5 Å². The van der Waals surface area contributed by atoms with E-state index in [9.17, 15) is 18.4 Å². The van der Waals surface area contributed by atoms with Gasteiger partial charge in [-0.3, -0.25) is 0 Å². The van der Waals surface area contributed by atoms with Gasteiger partial charge in [0.1, 0.15) is 0 Å². The largest absolute Gasteiger partial charge is 0.444 e. The van der Waals surface area contributed by atoms with Crippen LogP contribution >= 0.6 is 0 Å². The monoisotopic (exact) mass is 230 g/mol. The summed E-state index contributed by atoms with van der Waals surface area (Å²) in [5, 5.41) is 0.286. The Morgan fingerprint density at radius 2 is 1.75 bits per heavy atom. The first-order valence-corrected chi connectivity index (χ1v) is 4.02. The third kappa shape index (κ3) is 1.65. The molecule has 1 heterocycles. The molecule has 8 heteroatoms. The molecule has 1 fully saturated rings. The molecule has 1 aliphatic rings. The molecule has 1 aliphatic heterocycles. The van der Waals surface area contributed by atoms with Crippen LogP contribution in [0.25, 0.3) is 0 Å². The molecule has 16 heavy (non-hydrogen) atoms. The van der Waals surface area contributed by atoms with Crippen molar-refractivity contribution < 1.29 is 28.0 Å². The first kappa shape index (κ1) is 10.3. The lowest BCUT2D eigenvalue weighted by Gasteiger charge is -2.25. The van der Waals surface area contributed by atoms with Gasteiger partial charge >= 0.3 is 11.9 Å². The van der Waals surface area contributed by atoms with Gasteiger partial charge in [0.2, 0.25) is 0 Å². The summed E-state index contributed by atoms with van der Waals surface area (Å²) < 4.78 is 26.4. The molecule has 0 atom stereocenters. The SMILES string of the molecule is O=C1ONN(c2c(F)cccc2F)OC1=O. The van der Waals surface area contributed by atoms with Crippen LogP contribution in [-0.4, -0.2) is 11.9 Å². The van der Waals surface area contributed by atoms with E-state index in [1.54, 1.807) is 5.59 Å². The Hall–Kier alpha value is -2.22. The van der Waals surface area contributed by atoms with Gasteiger partial charge in [0.15, 0.2) is 17.3 Å². The molecule has 0 amide bonds. The van der Waals surface area contributed by atoms with Crippen LogP contribution in [0.5, 0.6) is 0 Å². The number of hydrogen-bond acceptors (Lipinski definition) is 6. The first-order chi connectivity index (χ1) is 7.59. The number of nitrogens with one attached hydrogen (secondary N) is 1. The molecule has 1 aromatic carbocycles. The van der Waals surface area contributed by atoms with Crippen molar-refractivity contribution in [2.45, 2.75) is 0 Å². The minimum absolute atomic E-state index is 0.286. The maximum Gasteiger partial charge on any atom is 0.444 e. The Kier molecular flexibility index (Phi) is 2.41. The van der Waals surface area contributed by atoms with Crippen molar-refractivity contribution in [2.75, 3.05) is 5.17 Å². The fourth-order valence-corrected chi connectivity index (χ4v) is 1.04. The van der Waals surface area contributed by atoms with E-state index < -0.39 is 29.3 Å². The van der Waals surface area contributed by atoms with E-state index in [1.807, 2.05) is 0 Å². The molecule has 0 bridgehead atoms. The van der Waals surface area contributed by atoms with Crippen LogP contribution in [-0.2, 0) is 19.3 Å². The fraction of sp³-hybridized carbons (Fsp3) is 0. The normalized spacial score (nSPS) is 15.8. The van der Waals surface area contributed by atoms with E-state index in [-0.39, 0.29) is 5.17 Å². The van der Waals surface area contributed by atoms with Crippen molar-refractivity contribution >= 4 is 17.6 Å². The van der Waals surface area contributed by atoms with Crippen LogP contribution in [0.2, 0.25) is 0 Å². The number of benzene rings is 1. The highest BCUT2D eigenvalue weighted by Gasteiger charge is 2.32. The Balaban J connectivity index is 2.32.